The standard InChI is InChI=1S/C14H24N2O/c1-11(2)6-9-17-10-7-13(15)14-12(3)5-4-8-16-14/h4-5,8,11,13H,6-7,9-10,15H2,1-3H3. The summed E-state index contributed by atoms with van der Waals surface area (Å²) in [5.41, 5.74) is 8.24. The van der Waals surface area contributed by atoms with Crippen molar-refractivity contribution in [2.75, 3.05) is 13.2 Å². The third-order valence-corrected chi connectivity index (χ3v) is 2.81. The lowest BCUT2D eigenvalue weighted by molar-refractivity contribution is 0.117. The summed E-state index contributed by atoms with van der Waals surface area (Å²) in [6, 6.07) is 3.96. The van der Waals surface area contributed by atoms with Gasteiger partial charge in [0.25, 0.3) is 0 Å². The molecule has 1 atom stereocenters. The van der Waals surface area contributed by atoms with Crippen molar-refractivity contribution in [1.82, 2.24) is 4.98 Å². The van der Waals surface area contributed by atoms with Crippen LogP contribution in [0.2, 0.25) is 0 Å². The Morgan fingerprint density at radius 1 is 1.29 bits per heavy atom. The number of nitrogens with zero attached hydrogens (tertiary/aromatic N) is 1. The number of aryl methyl sites for hydroxylation is 1. The number of ether oxygens (including phenoxy) is 1. The molecule has 0 aliphatic carbocycles. The number of nitrogens with two attached hydrogens (primary N) is 1. The van der Waals surface area contributed by atoms with Crippen LogP contribution in [0.5, 0.6) is 0 Å². The number of hydrogen-bond donors (Lipinski definition) is 1. The van der Waals surface area contributed by atoms with Crippen molar-refractivity contribution < 1.29 is 4.74 Å². The average molecular weight is 236 g/mol. The molecule has 0 radical (unpaired) electrons. The molecule has 0 spiro atoms. The van der Waals surface area contributed by atoms with Crippen molar-refractivity contribution >= 4 is 0 Å². The van der Waals surface area contributed by atoms with Crippen LogP contribution in [0.3, 0.4) is 0 Å². The zero-order valence-corrected chi connectivity index (χ0v) is 11.1. The minimum absolute atomic E-state index is 0.0183. The highest BCUT2D eigenvalue weighted by atomic mass is 16.5. The quantitative estimate of drug-likeness (QED) is 0.741. The lowest BCUT2D eigenvalue weighted by Gasteiger charge is -2.13. The van der Waals surface area contributed by atoms with E-state index in [2.05, 4.69) is 18.8 Å². The van der Waals surface area contributed by atoms with Gasteiger partial charge in [-0.15, -0.1) is 0 Å². The van der Waals surface area contributed by atoms with Gasteiger partial charge < -0.3 is 10.5 Å². The summed E-state index contributed by atoms with van der Waals surface area (Å²) in [7, 11) is 0. The van der Waals surface area contributed by atoms with Gasteiger partial charge in [0, 0.05) is 25.5 Å². The molecular formula is C14H24N2O. The van der Waals surface area contributed by atoms with Crippen LogP contribution in [-0.4, -0.2) is 18.2 Å². The molecule has 1 heterocycles. The van der Waals surface area contributed by atoms with Gasteiger partial charge in [-0.1, -0.05) is 19.9 Å². The summed E-state index contributed by atoms with van der Waals surface area (Å²) in [4.78, 5) is 4.32. The minimum Gasteiger partial charge on any atom is -0.381 e. The summed E-state index contributed by atoms with van der Waals surface area (Å²) < 4.78 is 5.57. The molecule has 0 fully saturated rings. The Balaban J connectivity index is 2.26. The molecule has 3 heteroatoms. The molecule has 1 rings (SSSR count). The van der Waals surface area contributed by atoms with E-state index in [9.17, 15) is 0 Å². The van der Waals surface area contributed by atoms with Gasteiger partial charge in [0.1, 0.15) is 0 Å². The summed E-state index contributed by atoms with van der Waals surface area (Å²) in [6.45, 7) is 7.98. The topological polar surface area (TPSA) is 48.1 Å². The van der Waals surface area contributed by atoms with Crippen LogP contribution in [0, 0.1) is 12.8 Å². The Hall–Kier alpha value is -0.930. The summed E-state index contributed by atoms with van der Waals surface area (Å²) >= 11 is 0. The molecule has 96 valence electrons. The lowest BCUT2D eigenvalue weighted by atomic mass is 10.1. The minimum atomic E-state index is -0.0183. The first-order chi connectivity index (χ1) is 8.11. The van der Waals surface area contributed by atoms with Crippen LogP contribution in [0.4, 0.5) is 0 Å². The normalized spacial score (nSPS) is 13.0. The summed E-state index contributed by atoms with van der Waals surface area (Å²) in [5.74, 6) is 0.696. The maximum Gasteiger partial charge on any atom is 0.0600 e. The fourth-order valence-electron chi connectivity index (χ4n) is 1.65. The van der Waals surface area contributed by atoms with Crippen molar-refractivity contribution in [1.29, 1.82) is 0 Å². The third kappa shape index (κ3) is 5.29. The SMILES string of the molecule is Cc1cccnc1C(N)CCOCCC(C)C. The van der Waals surface area contributed by atoms with Crippen molar-refractivity contribution in [2.45, 2.75) is 39.7 Å². The smallest absolute Gasteiger partial charge is 0.0600 e. The van der Waals surface area contributed by atoms with Crippen molar-refractivity contribution in [3.63, 3.8) is 0 Å². The maximum atomic E-state index is 6.10. The number of rotatable bonds is 7. The summed E-state index contributed by atoms with van der Waals surface area (Å²) in [6.07, 6.45) is 3.73. The molecule has 0 saturated heterocycles. The molecule has 1 aromatic rings. The molecule has 0 bridgehead atoms. The van der Waals surface area contributed by atoms with Gasteiger partial charge in [-0.25, -0.2) is 0 Å². The summed E-state index contributed by atoms with van der Waals surface area (Å²) in [5, 5.41) is 0. The van der Waals surface area contributed by atoms with Crippen LogP contribution in [0.25, 0.3) is 0 Å². The van der Waals surface area contributed by atoms with Crippen LogP contribution in [-0.2, 0) is 4.74 Å². The molecule has 2 N–H and O–H groups in total. The molecule has 0 aliphatic rings. The van der Waals surface area contributed by atoms with Gasteiger partial charge in [-0.2, -0.15) is 0 Å². The molecular weight excluding hydrogens is 212 g/mol. The zero-order valence-electron chi connectivity index (χ0n) is 11.1. The lowest BCUT2D eigenvalue weighted by Crippen LogP contribution is -2.16. The van der Waals surface area contributed by atoms with E-state index < -0.39 is 0 Å². The molecule has 0 saturated carbocycles. The van der Waals surface area contributed by atoms with Crippen LogP contribution in [0.1, 0.15) is 44.0 Å². The highest BCUT2D eigenvalue weighted by molar-refractivity contribution is 5.20. The van der Waals surface area contributed by atoms with Crippen LogP contribution < -0.4 is 5.73 Å². The van der Waals surface area contributed by atoms with Gasteiger partial charge in [0.2, 0.25) is 0 Å². The highest BCUT2D eigenvalue weighted by Gasteiger charge is 2.09. The Morgan fingerprint density at radius 3 is 2.65 bits per heavy atom. The van der Waals surface area contributed by atoms with Gasteiger partial charge in [-0.3, -0.25) is 4.98 Å². The van der Waals surface area contributed by atoms with Gasteiger partial charge in [0.15, 0.2) is 0 Å². The van der Waals surface area contributed by atoms with Gasteiger partial charge in [-0.05, 0) is 37.3 Å². The van der Waals surface area contributed by atoms with E-state index in [1.807, 2.05) is 19.1 Å². The molecule has 1 aromatic heterocycles. The van der Waals surface area contributed by atoms with Crippen molar-refractivity contribution in [3.05, 3.63) is 29.6 Å². The third-order valence-electron chi connectivity index (χ3n) is 2.81. The van der Waals surface area contributed by atoms with Crippen molar-refractivity contribution in [3.8, 4) is 0 Å². The molecule has 3 nitrogen and oxygen atoms in total. The molecule has 1 unspecified atom stereocenters. The fraction of sp³-hybridized carbons (Fsp3) is 0.643. The monoisotopic (exact) mass is 236 g/mol. The first kappa shape index (κ1) is 14.1. The second-order valence-corrected chi connectivity index (χ2v) is 4.90. The second kappa shape index (κ2) is 7.41. The molecule has 17 heavy (non-hydrogen) atoms. The fourth-order valence-corrected chi connectivity index (χ4v) is 1.65. The Morgan fingerprint density at radius 2 is 2.00 bits per heavy atom. The van der Waals surface area contributed by atoms with Crippen molar-refractivity contribution in [2.24, 2.45) is 11.7 Å². The first-order valence-corrected chi connectivity index (χ1v) is 6.36. The predicted molar refractivity (Wildman–Crippen MR) is 70.8 cm³/mol. The largest absolute Gasteiger partial charge is 0.381 e. The van der Waals surface area contributed by atoms with E-state index in [1.54, 1.807) is 6.20 Å². The van der Waals surface area contributed by atoms with E-state index in [1.165, 1.54) is 0 Å². The number of hydrogen-bond acceptors (Lipinski definition) is 3. The molecule has 0 aromatic carbocycles. The number of pyridine rings is 1. The van der Waals surface area contributed by atoms with E-state index in [4.69, 9.17) is 10.5 Å². The zero-order chi connectivity index (χ0) is 12.7. The van der Waals surface area contributed by atoms with Crippen LogP contribution in [0.15, 0.2) is 18.3 Å². The number of aromatic nitrogens is 1. The second-order valence-electron chi connectivity index (χ2n) is 4.90. The predicted octanol–water partition coefficient (Wildman–Crippen LogP) is 2.84. The molecule has 0 aliphatic heterocycles. The van der Waals surface area contributed by atoms with Crippen LogP contribution >= 0.6 is 0 Å². The van der Waals surface area contributed by atoms with E-state index in [0.717, 1.165) is 30.7 Å². The Labute approximate surface area is 104 Å². The molecule has 0 amide bonds. The van der Waals surface area contributed by atoms with Gasteiger partial charge >= 0.3 is 0 Å². The first-order valence-electron chi connectivity index (χ1n) is 6.36. The Bertz CT molecular complexity index is 326. The highest BCUT2D eigenvalue weighted by Crippen LogP contribution is 2.15. The van der Waals surface area contributed by atoms with E-state index >= 15 is 0 Å². The average Bonchev–Trinajstić information content (AvgIpc) is 2.28. The Kier molecular flexibility index (Phi) is 6.16. The maximum absolute atomic E-state index is 6.10. The van der Waals surface area contributed by atoms with E-state index in [0.29, 0.717) is 12.5 Å². The van der Waals surface area contributed by atoms with E-state index in [-0.39, 0.29) is 6.04 Å². The van der Waals surface area contributed by atoms with Gasteiger partial charge in [0.05, 0.1) is 5.69 Å².